The zero-order valence-electron chi connectivity index (χ0n) is 8.31. The van der Waals surface area contributed by atoms with Crippen molar-refractivity contribution in [2.24, 2.45) is 5.73 Å². The van der Waals surface area contributed by atoms with Crippen molar-refractivity contribution in [3.8, 4) is 0 Å². The van der Waals surface area contributed by atoms with Crippen molar-refractivity contribution in [1.29, 1.82) is 0 Å². The molecule has 0 saturated heterocycles. The molecular weight excluding hydrogens is 211 g/mol. The van der Waals surface area contributed by atoms with E-state index < -0.39 is 11.7 Å². The lowest BCUT2D eigenvalue weighted by Crippen LogP contribution is -2.20. The van der Waals surface area contributed by atoms with E-state index in [4.69, 9.17) is 5.73 Å². The van der Waals surface area contributed by atoms with Gasteiger partial charge in [-0.2, -0.15) is 0 Å². The molecular formula is C11H9FN2O2. The summed E-state index contributed by atoms with van der Waals surface area (Å²) in [5.41, 5.74) is 5.28. The Morgan fingerprint density at radius 2 is 2.12 bits per heavy atom. The molecule has 0 atom stereocenters. The van der Waals surface area contributed by atoms with Crippen molar-refractivity contribution in [1.82, 2.24) is 4.57 Å². The van der Waals surface area contributed by atoms with Crippen LogP contribution in [0.5, 0.6) is 0 Å². The predicted octanol–water partition coefficient (Wildman–Crippen LogP) is 0.626. The van der Waals surface area contributed by atoms with Crippen molar-refractivity contribution in [2.45, 2.75) is 6.54 Å². The Morgan fingerprint density at radius 3 is 2.81 bits per heavy atom. The highest BCUT2D eigenvalue weighted by Crippen LogP contribution is 2.11. The SMILES string of the molecule is NC(=O)Cn1ccc(=O)c2cc(F)ccc21. The summed E-state index contributed by atoms with van der Waals surface area (Å²) in [5.74, 6) is -1.00. The van der Waals surface area contributed by atoms with Gasteiger partial charge in [-0.15, -0.1) is 0 Å². The molecule has 2 rings (SSSR count). The monoisotopic (exact) mass is 220 g/mol. The summed E-state index contributed by atoms with van der Waals surface area (Å²) in [5, 5.41) is 0.240. The molecule has 2 aromatic rings. The Bertz CT molecular complexity index is 619. The third kappa shape index (κ3) is 1.79. The second-order valence-electron chi connectivity index (χ2n) is 3.44. The van der Waals surface area contributed by atoms with Gasteiger partial charge in [0.2, 0.25) is 5.91 Å². The van der Waals surface area contributed by atoms with Crippen LogP contribution in [0.2, 0.25) is 0 Å². The highest BCUT2D eigenvalue weighted by Gasteiger charge is 2.05. The van der Waals surface area contributed by atoms with Crippen molar-refractivity contribution in [3.63, 3.8) is 0 Å². The average Bonchev–Trinajstić information content (AvgIpc) is 2.22. The van der Waals surface area contributed by atoms with Crippen LogP contribution < -0.4 is 11.2 Å². The minimum Gasteiger partial charge on any atom is -0.368 e. The van der Waals surface area contributed by atoms with Gasteiger partial charge in [0.05, 0.1) is 5.52 Å². The summed E-state index contributed by atoms with van der Waals surface area (Å²) >= 11 is 0. The van der Waals surface area contributed by atoms with Gasteiger partial charge in [-0.1, -0.05) is 0 Å². The third-order valence-electron chi connectivity index (χ3n) is 2.27. The fourth-order valence-electron chi connectivity index (χ4n) is 1.59. The lowest BCUT2D eigenvalue weighted by molar-refractivity contribution is -0.118. The molecule has 0 bridgehead atoms. The molecule has 0 unspecified atom stereocenters. The molecule has 4 nitrogen and oxygen atoms in total. The first-order chi connectivity index (χ1) is 7.58. The number of rotatable bonds is 2. The summed E-state index contributed by atoms with van der Waals surface area (Å²) in [6, 6.07) is 5.12. The maximum absolute atomic E-state index is 13.0. The van der Waals surface area contributed by atoms with Gasteiger partial charge >= 0.3 is 0 Å². The van der Waals surface area contributed by atoms with Crippen LogP contribution in [-0.2, 0) is 11.3 Å². The van der Waals surface area contributed by atoms with Crippen LogP contribution in [0, 0.1) is 5.82 Å². The van der Waals surface area contributed by atoms with Crippen LogP contribution in [-0.4, -0.2) is 10.5 Å². The molecule has 0 aliphatic heterocycles. The van der Waals surface area contributed by atoms with Crippen LogP contribution in [0.25, 0.3) is 10.9 Å². The lowest BCUT2D eigenvalue weighted by Gasteiger charge is -2.07. The topological polar surface area (TPSA) is 65.1 Å². The number of hydrogen-bond donors (Lipinski definition) is 1. The average molecular weight is 220 g/mol. The largest absolute Gasteiger partial charge is 0.368 e. The first-order valence-electron chi connectivity index (χ1n) is 4.65. The number of halogens is 1. The second kappa shape index (κ2) is 3.77. The van der Waals surface area contributed by atoms with E-state index in [2.05, 4.69) is 0 Å². The van der Waals surface area contributed by atoms with E-state index in [0.717, 1.165) is 6.07 Å². The van der Waals surface area contributed by atoms with E-state index in [0.29, 0.717) is 5.52 Å². The first-order valence-corrected chi connectivity index (χ1v) is 4.65. The maximum atomic E-state index is 13.0. The van der Waals surface area contributed by atoms with Crippen LogP contribution in [0.15, 0.2) is 35.3 Å². The summed E-state index contributed by atoms with van der Waals surface area (Å²) in [7, 11) is 0. The molecule has 0 saturated carbocycles. The van der Waals surface area contributed by atoms with Crippen molar-refractivity contribution in [3.05, 3.63) is 46.5 Å². The second-order valence-corrected chi connectivity index (χ2v) is 3.44. The molecule has 2 N–H and O–H groups in total. The minimum absolute atomic E-state index is 0.0393. The fraction of sp³-hybridized carbons (Fsp3) is 0.0909. The Kier molecular flexibility index (Phi) is 2.44. The number of benzene rings is 1. The third-order valence-corrected chi connectivity index (χ3v) is 2.27. The standard InChI is InChI=1S/C11H9FN2O2/c12-7-1-2-9-8(5-7)10(15)3-4-14(9)6-11(13)16/h1-5H,6H2,(H2,13,16). The number of nitrogens with zero attached hydrogens (tertiary/aromatic N) is 1. The minimum atomic E-state index is -0.519. The number of carbonyl (C=O) groups excluding carboxylic acids is 1. The Balaban J connectivity index is 2.74. The fourth-order valence-corrected chi connectivity index (χ4v) is 1.59. The molecule has 1 aromatic carbocycles. The van der Waals surface area contributed by atoms with Crippen molar-refractivity contribution < 1.29 is 9.18 Å². The predicted molar refractivity (Wildman–Crippen MR) is 57.4 cm³/mol. The van der Waals surface area contributed by atoms with Crippen LogP contribution in [0.1, 0.15) is 0 Å². The van der Waals surface area contributed by atoms with Crippen LogP contribution in [0.3, 0.4) is 0 Å². The number of primary amides is 1. The molecule has 0 spiro atoms. The molecule has 0 fully saturated rings. The van der Waals surface area contributed by atoms with E-state index in [1.165, 1.54) is 29.0 Å². The smallest absolute Gasteiger partial charge is 0.237 e. The molecule has 5 heteroatoms. The number of amides is 1. The Labute approximate surface area is 90.1 Å². The number of nitrogens with two attached hydrogens (primary N) is 1. The van der Waals surface area contributed by atoms with Crippen molar-refractivity contribution >= 4 is 16.8 Å². The van der Waals surface area contributed by atoms with Crippen LogP contribution in [0.4, 0.5) is 4.39 Å². The van der Waals surface area contributed by atoms with Gasteiger partial charge in [0, 0.05) is 17.6 Å². The van der Waals surface area contributed by atoms with E-state index in [1.54, 1.807) is 0 Å². The molecule has 0 aliphatic rings. The summed E-state index contributed by atoms with van der Waals surface area (Å²) < 4.78 is 14.5. The highest BCUT2D eigenvalue weighted by atomic mass is 19.1. The molecule has 0 aliphatic carbocycles. The molecule has 1 heterocycles. The van der Waals surface area contributed by atoms with Gasteiger partial charge in [-0.3, -0.25) is 9.59 Å². The number of pyridine rings is 1. The zero-order valence-corrected chi connectivity index (χ0v) is 8.31. The molecule has 16 heavy (non-hydrogen) atoms. The van der Waals surface area contributed by atoms with Gasteiger partial charge < -0.3 is 10.3 Å². The van der Waals surface area contributed by atoms with Gasteiger partial charge in [-0.05, 0) is 18.2 Å². The van der Waals surface area contributed by atoms with Gasteiger partial charge in [0.1, 0.15) is 12.4 Å². The molecule has 82 valence electrons. The number of fused-ring (bicyclic) bond motifs is 1. The number of carbonyl (C=O) groups is 1. The summed E-state index contributed by atoms with van der Waals surface area (Å²) in [6.45, 7) is -0.0393. The Hall–Kier alpha value is -2.17. The highest BCUT2D eigenvalue weighted by molar-refractivity contribution is 5.81. The Morgan fingerprint density at radius 1 is 1.38 bits per heavy atom. The van der Waals surface area contributed by atoms with Crippen molar-refractivity contribution in [2.75, 3.05) is 0 Å². The van der Waals surface area contributed by atoms with Crippen LogP contribution >= 0.6 is 0 Å². The normalized spacial score (nSPS) is 10.6. The molecule has 0 radical (unpaired) electrons. The molecule has 1 amide bonds. The van der Waals surface area contributed by atoms with E-state index in [9.17, 15) is 14.0 Å². The lowest BCUT2D eigenvalue weighted by atomic mass is 10.2. The van der Waals surface area contributed by atoms with Gasteiger partial charge in [0.15, 0.2) is 5.43 Å². The zero-order chi connectivity index (χ0) is 11.7. The maximum Gasteiger partial charge on any atom is 0.237 e. The number of hydrogen-bond acceptors (Lipinski definition) is 2. The van der Waals surface area contributed by atoms with E-state index in [1.807, 2.05) is 0 Å². The summed E-state index contributed by atoms with van der Waals surface area (Å²) in [6.07, 6.45) is 1.47. The first kappa shape index (κ1) is 10.4. The van der Waals surface area contributed by atoms with E-state index in [-0.39, 0.29) is 17.4 Å². The molecule has 1 aromatic heterocycles. The van der Waals surface area contributed by atoms with Gasteiger partial charge in [-0.25, -0.2) is 4.39 Å². The van der Waals surface area contributed by atoms with Gasteiger partial charge in [0.25, 0.3) is 0 Å². The number of aromatic nitrogens is 1. The quantitative estimate of drug-likeness (QED) is 0.806. The summed E-state index contributed by atoms with van der Waals surface area (Å²) in [4.78, 5) is 22.3. The van der Waals surface area contributed by atoms with E-state index >= 15 is 0 Å².